The molecule has 3 aromatic carbocycles. The van der Waals surface area contributed by atoms with Gasteiger partial charge in [-0.2, -0.15) is 0 Å². The lowest BCUT2D eigenvalue weighted by Gasteiger charge is -2.14. The van der Waals surface area contributed by atoms with Crippen LogP contribution in [0.2, 0.25) is 0 Å². The molecule has 30 heavy (non-hydrogen) atoms. The van der Waals surface area contributed by atoms with Gasteiger partial charge in [0.2, 0.25) is 14.9 Å². The van der Waals surface area contributed by atoms with Crippen LogP contribution in [0.1, 0.15) is 11.1 Å². The quantitative estimate of drug-likeness (QED) is 0.499. The molecule has 0 amide bonds. The van der Waals surface area contributed by atoms with Crippen molar-refractivity contribution in [1.29, 1.82) is 0 Å². The molecule has 0 bridgehead atoms. The Kier molecular flexibility index (Phi) is 5.37. The minimum Gasteiger partial charge on any atom is -0.496 e. The molecule has 0 atom stereocenters. The Balaban J connectivity index is 1.80. The summed E-state index contributed by atoms with van der Waals surface area (Å²) in [7, 11) is -2.27. The van der Waals surface area contributed by atoms with Crippen LogP contribution in [-0.4, -0.2) is 25.5 Å². The lowest BCUT2D eigenvalue weighted by Crippen LogP contribution is -2.12. The summed E-state index contributed by atoms with van der Waals surface area (Å²) in [5.41, 5.74) is 3.00. The molecule has 0 saturated heterocycles. The predicted octanol–water partition coefficient (Wildman–Crippen LogP) is 4.39. The highest BCUT2D eigenvalue weighted by Gasteiger charge is 2.25. The van der Waals surface area contributed by atoms with E-state index in [0.29, 0.717) is 23.3 Å². The number of para-hydroxylation sites is 3. The summed E-state index contributed by atoms with van der Waals surface area (Å²) in [4.78, 5) is 9.20. The van der Waals surface area contributed by atoms with Crippen molar-refractivity contribution in [2.75, 3.05) is 12.4 Å². The minimum atomic E-state index is -3.87. The maximum Gasteiger partial charge on any atom is 0.227 e. The molecule has 152 valence electrons. The SMILES string of the molecule is COc1ccccc1CNc1nc2ccccc2nc1S(=O)(=O)c1ccc(C)cc1. The van der Waals surface area contributed by atoms with Crippen molar-refractivity contribution in [3.05, 3.63) is 83.9 Å². The van der Waals surface area contributed by atoms with E-state index in [1.165, 1.54) is 0 Å². The zero-order valence-electron chi connectivity index (χ0n) is 16.7. The van der Waals surface area contributed by atoms with Gasteiger partial charge in [-0.05, 0) is 37.3 Å². The van der Waals surface area contributed by atoms with E-state index in [2.05, 4.69) is 15.3 Å². The normalized spacial score (nSPS) is 11.4. The van der Waals surface area contributed by atoms with Crippen molar-refractivity contribution in [2.45, 2.75) is 23.4 Å². The highest BCUT2D eigenvalue weighted by molar-refractivity contribution is 7.91. The van der Waals surface area contributed by atoms with Crippen LogP contribution >= 0.6 is 0 Å². The lowest BCUT2D eigenvalue weighted by molar-refractivity contribution is 0.410. The first-order valence-corrected chi connectivity index (χ1v) is 10.9. The molecular weight excluding hydrogens is 398 g/mol. The summed E-state index contributed by atoms with van der Waals surface area (Å²) in [5.74, 6) is 0.918. The maximum absolute atomic E-state index is 13.4. The van der Waals surface area contributed by atoms with Gasteiger partial charge in [0.1, 0.15) is 5.75 Å². The summed E-state index contributed by atoms with van der Waals surface area (Å²) in [6.07, 6.45) is 0. The second kappa shape index (κ2) is 8.12. The van der Waals surface area contributed by atoms with Gasteiger partial charge in [-0.15, -0.1) is 0 Å². The molecule has 0 spiro atoms. The van der Waals surface area contributed by atoms with Gasteiger partial charge < -0.3 is 10.1 Å². The van der Waals surface area contributed by atoms with Crippen LogP contribution in [0.3, 0.4) is 0 Å². The van der Waals surface area contributed by atoms with E-state index in [0.717, 1.165) is 11.1 Å². The molecule has 7 heteroatoms. The number of benzene rings is 3. The first-order chi connectivity index (χ1) is 14.5. The fraction of sp³-hybridized carbons (Fsp3) is 0.130. The summed E-state index contributed by atoms with van der Waals surface area (Å²) in [5, 5.41) is 3.05. The van der Waals surface area contributed by atoms with Gasteiger partial charge in [0.15, 0.2) is 5.82 Å². The summed E-state index contributed by atoms with van der Waals surface area (Å²) in [6, 6.07) is 21.5. The molecule has 4 rings (SSSR count). The second-order valence-electron chi connectivity index (χ2n) is 6.85. The number of nitrogens with zero attached hydrogens (tertiary/aromatic N) is 2. The topological polar surface area (TPSA) is 81.2 Å². The molecule has 0 saturated carbocycles. The number of ether oxygens (including phenoxy) is 1. The largest absolute Gasteiger partial charge is 0.496 e. The first kappa shape index (κ1) is 19.8. The van der Waals surface area contributed by atoms with Crippen molar-refractivity contribution in [3.63, 3.8) is 0 Å². The Morgan fingerprint density at radius 2 is 1.50 bits per heavy atom. The van der Waals surface area contributed by atoms with Gasteiger partial charge in [0, 0.05) is 12.1 Å². The molecule has 1 aromatic heterocycles. The van der Waals surface area contributed by atoms with Gasteiger partial charge in [-0.1, -0.05) is 48.0 Å². The zero-order valence-corrected chi connectivity index (χ0v) is 17.5. The van der Waals surface area contributed by atoms with Gasteiger partial charge in [-0.3, -0.25) is 0 Å². The highest BCUT2D eigenvalue weighted by Crippen LogP contribution is 2.28. The number of rotatable bonds is 6. The summed E-state index contributed by atoms with van der Waals surface area (Å²) < 4.78 is 32.1. The number of methoxy groups -OCH3 is 1. The standard InChI is InChI=1S/C23H21N3O3S/c1-16-11-13-18(14-12-16)30(27,28)23-22(25-19-8-4-5-9-20(19)26-23)24-15-17-7-3-6-10-21(17)29-2/h3-14H,15H2,1-2H3,(H,24,25). The highest BCUT2D eigenvalue weighted by atomic mass is 32.2. The van der Waals surface area contributed by atoms with Crippen LogP contribution in [0, 0.1) is 6.92 Å². The number of sulfone groups is 1. The summed E-state index contributed by atoms with van der Waals surface area (Å²) >= 11 is 0. The third-order valence-electron chi connectivity index (χ3n) is 4.76. The van der Waals surface area contributed by atoms with E-state index in [9.17, 15) is 8.42 Å². The molecule has 0 aliphatic rings. The molecule has 0 fully saturated rings. The molecule has 1 heterocycles. The Hall–Kier alpha value is -3.45. The van der Waals surface area contributed by atoms with Crippen LogP contribution in [0.15, 0.2) is 82.7 Å². The molecule has 0 aliphatic heterocycles. The van der Waals surface area contributed by atoms with Crippen LogP contribution in [-0.2, 0) is 16.4 Å². The van der Waals surface area contributed by atoms with Gasteiger partial charge >= 0.3 is 0 Å². The molecule has 0 aliphatic carbocycles. The van der Waals surface area contributed by atoms with Crippen molar-refractivity contribution in [3.8, 4) is 5.75 Å². The lowest BCUT2D eigenvalue weighted by atomic mass is 10.2. The number of hydrogen-bond donors (Lipinski definition) is 1. The first-order valence-electron chi connectivity index (χ1n) is 9.43. The summed E-state index contributed by atoms with van der Waals surface area (Å²) in [6.45, 7) is 2.25. The number of aryl methyl sites for hydroxylation is 1. The monoisotopic (exact) mass is 419 g/mol. The smallest absolute Gasteiger partial charge is 0.227 e. The fourth-order valence-corrected chi connectivity index (χ4v) is 4.45. The number of fused-ring (bicyclic) bond motifs is 1. The second-order valence-corrected chi connectivity index (χ2v) is 8.71. The third-order valence-corrected chi connectivity index (χ3v) is 6.45. The van der Waals surface area contributed by atoms with E-state index >= 15 is 0 Å². The Labute approximate surface area is 175 Å². The van der Waals surface area contributed by atoms with Crippen LogP contribution in [0.4, 0.5) is 5.82 Å². The Bertz CT molecular complexity index is 1300. The molecule has 6 nitrogen and oxygen atoms in total. The minimum absolute atomic E-state index is 0.0973. The zero-order chi connectivity index (χ0) is 21.1. The fourth-order valence-electron chi connectivity index (χ4n) is 3.14. The van der Waals surface area contributed by atoms with Crippen LogP contribution in [0.25, 0.3) is 11.0 Å². The van der Waals surface area contributed by atoms with Gasteiger partial charge in [0.05, 0.1) is 23.0 Å². The van der Waals surface area contributed by atoms with Crippen molar-refractivity contribution in [2.24, 2.45) is 0 Å². The third kappa shape index (κ3) is 3.84. The van der Waals surface area contributed by atoms with E-state index in [-0.39, 0.29) is 15.7 Å². The number of nitrogens with one attached hydrogen (secondary N) is 1. The van der Waals surface area contributed by atoms with Gasteiger partial charge in [-0.25, -0.2) is 18.4 Å². The van der Waals surface area contributed by atoms with Crippen molar-refractivity contribution < 1.29 is 13.2 Å². The number of hydrogen-bond acceptors (Lipinski definition) is 6. The molecule has 0 radical (unpaired) electrons. The maximum atomic E-state index is 13.4. The molecule has 0 unspecified atom stereocenters. The molecule has 4 aromatic rings. The molecular formula is C23H21N3O3S. The Morgan fingerprint density at radius 1 is 0.867 bits per heavy atom. The van der Waals surface area contributed by atoms with Gasteiger partial charge in [0.25, 0.3) is 0 Å². The Morgan fingerprint density at radius 3 is 2.20 bits per heavy atom. The number of aromatic nitrogens is 2. The van der Waals surface area contributed by atoms with E-state index in [4.69, 9.17) is 4.74 Å². The van der Waals surface area contributed by atoms with E-state index in [1.807, 2.05) is 37.3 Å². The molecule has 1 N–H and O–H groups in total. The van der Waals surface area contributed by atoms with Crippen LogP contribution < -0.4 is 10.1 Å². The average molecular weight is 420 g/mol. The van der Waals surface area contributed by atoms with Crippen molar-refractivity contribution in [1.82, 2.24) is 9.97 Å². The van der Waals surface area contributed by atoms with Crippen LogP contribution in [0.5, 0.6) is 5.75 Å². The predicted molar refractivity (Wildman–Crippen MR) is 116 cm³/mol. The van der Waals surface area contributed by atoms with E-state index in [1.54, 1.807) is 49.6 Å². The average Bonchev–Trinajstić information content (AvgIpc) is 2.77. The van der Waals surface area contributed by atoms with Crippen molar-refractivity contribution >= 4 is 26.7 Å². The van der Waals surface area contributed by atoms with E-state index < -0.39 is 9.84 Å². The number of anilines is 1.